The van der Waals surface area contributed by atoms with E-state index < -0.39 is 11.9 Å². The molecule has 2 N–H and O–H groups in total. The van der Waals surface area contributed by atoms with Gasteiger partial charge in [0.2, 0.25) is 5.95 Å². The average Bonchev–Trinajstić information content (AvgIpc) is 2.77. The van der Waals surface area contributed by atoms with Crippen LogP contribution >= 0.6 is 0 Å². The molecule has 0 aliphatic rings. The van der Waals surface area contributed by atoms with Crippen LogP contribution in [0.25, 0.3) is 0 Å². The van der Waals surface area contributed by atoms with Crippen LogP contribution in [0.5, 0.6) is 0 Å². The lowest BCUT2D eigenvalue weighted by Crippen LogP contribution is -2.14. The quantitative estimate of drug-likeness (QED) is 0.817. The molecule has 0 saturated carbocycles. The molecule has 0 bridgehead atoms. The van der Waals surface area contributed by atoms with Crippen molar-refractivity contribution in [1.82, 2.24) is 15.2 Å². The summed E-state index contributed by atoms with van der Waals surface area (Å²) in [7, 11) is 0. The Labute approximate surface area is 110 Å². The number of carbonyl (C=O) groups excluding carboxylic acids is 1. The highest BCUT2D eigenvalue weighted by Crippen LogP contribution is 2.22. The van der Waals surface area contributed by atoms with E-state index in [0.717, 1.165) is 5.69 Å². The Morgan fingerprint density at radius 3 is 2.74 bits per heavy atom. The predicted molar refractivity (Wildman–Crippen MR) is 69.4 cm³/mol. The Morgan fingerprint density at radius 1 is 1.42 bits per heavy atom. The molecule has 2 heterocycles. The summed E-state index contributed by atoms with van der Waals surface area (Å²) in [4.78, 5) is 15.3. The van der Waals surface area contributed by atoms with Crippen molar-refractivity contribution in [2.45, 2.75) is 26.2 Å². The number of nitrogens with zero attached hydrogens (tertiary/aromatic N) is 2. The van der Waals surface area contributed by atoms with Crippen molar-refractivity contribution >= 4 is 11.7 Å². The zero-order valence-electron chi connectivity index (χ0n) is 11.0. The third kappa shape index (κ3) is 2.96. The predicted octanol–water partition coefficient (Wildman–Crippen LogP) is 2.49. The Morgan fingerprint density at radius 2 is 2.16 bits per heavy atom. The number of halogens is 1. The van der Waals surface area contributed by atoms with Crippen LogP contribution in [0.2, 0.25) is 0 Å². The molecule has 100 valence electrons. The summed E-state index contributed by atoms with van der Waals surface area (Å²) in [6.07, 6.45) is 1.29. The lowest BCUT2D eigenvalue weighted by molar-refractivity contribution is 0.102. The minimum absolute atomic E-state index is 0.102. The average molecular weight is 262 g/mol. The fraction of sp³-hybridized carbons (Fsp3) is 0.308. The third-order valence-corrected chi connectivity index (χ3v) is 2.63. The summed E-state index contributed by atoms with van der Waals surface area (Å²) < 4.78 is 13.3. The molecular weight excluding hydrogens is 247 g/mol. The van der Waals surface area contributed by atoms with Gasteiger partial charge >= 0.3 is 0 Å². The summed E-state index contributed by atoms with van der Waals surface area (Å²) in [6.45, 7) is 6.06. The van der Waals surface area contributed by atoms with Gasteiger partial charge in [0.15, 0.2) is 5.82 Å². The van der Waals surface area contributed by atoms with Gasteiger partial charge in [0, 0.05) is 23.4 Å². The minimum atomic E-state index is -0.799. The lowest BCUT2D eigenvalue weighted by Gasteiger charge is -2.14. The SMILES string of the molecule is CC(C)(C)c1cc(NC(=O)c2cccnc2F)n[nH]1. The Kier molecular flexibility index (Phi) is 3.33. The molecule has 0 aromatic carbocycles. The normalized spacial score (nSPS) is 11.4. The second-order valence-corrected chi connectivity index (χ2v) is 5.21. The Balaban J connectivity index is 2.16. The molecule has 5 nitrogen and oxygen atoms in total. The first-order chi connectivity index (χ1) is 8.88. The molecule has 0 spiro atoms. The van der Waals surface area contributed by atoms with E-state index >= 15 is 0 Å². The van der Waals surface area contributed by atoms with Crippen LogP contribution in [0.4, 0.5) is 10.2 Å². The number of anilines is 1. The van der Waals surface area contributed by atoms with E-state index in [1.165, 1.54) is 18.3 Å². The largest absolute Gasteiger partial charge is 0.305 e. The Hall–Kier alpha value is -2.24. The molecule has 1 amide bonds. The first kappa shape index (κ1) is 13.2. The van der Waals surface area contributed by atoms with Crippen LogP contribution in [-0.4, -0.2) is 21.1 Å². The molecule has 0 fully saturated rings. The van der Waals surface area contributed by atoms with E-state index in [4.69, 9.17) is 0 Å². The molecule has 0 atom stereocenters. The zero-order valence-corrected chi connectivity index (χ0v) is 11.0. The summed E-state index contributed by atoms with van der Waals surface area (Å²) >= 11 is 0. The van der Waals surface area contributed by atoms with Gasteiger partial charge in [0.25, 0.3) is 5.91 Å². The second-order valence-electron chi connectivity index (χ2n) is 5.21. The molecule has 2 aromatic rings. The van der Waals surface area contributed by atoms with Crippen LogP contribution in [0, 0.1) is 5.95 Å². The molecule has 2 aromatic heterocycles. The van der Waals surface area contributed by atoms with E-state index in [0.29, 0.717) is 5.82 Å². The van der Waals surface area contributed by atoms with Crippen LogP contribution in [-0.2, 0) is 5.41 Å². The van der Waals surface area contributed by atoms with E-state index in [1.807, 2.05) is 20.8 Å². The number of nitrogens with one attached hydrogen (secondary N) is 2. The van der Waals surface area contributed by atoms with Crippen LogP contribution in [0.1, 0.15) is 36.8 Å². The first-order valence-electron chi connectivity index (χ1n) is 5.85. The van der Waals surface area contributed by atoms with Crippen molar-refractivity contribution in [3.05, 3.63) is 41.6 Å². The molecule has 0 saturated heterocycles. The topological polar surface area (TPSA) is 70.7 Å². The van der Waals surface area contributed by atoms with Crippen molar-refractivity contribution in [1.29, 1.82) is 0 Å². The van der Waals surface area contributed by atoms with E-state index in [9.17, 15) is 9.18 Å². The molecule has 0 aliphatic carbocycles. The summed E-state index contributed by atoms with van der Waals surface area (Å²) in [5, 5.41) is 9.35. The fourth-order valence-corrected chi connectivity index (χ4v) is 1.51. The van der Waals surface area contributed by atoms with Gasteiger partial charge < -0.3 is 5.32 Å². The van der Waals surface area contributed by atoms with Gasteiger partial charge in [-0.2, -0.15) is 9.49 Å². The first-order valence-corrected chi connectivity index (χ1v) is 5.85. The highest BCUT2D eigenvalue weighted by atomic mass is 19.1. The van der Waals surface area contributed by atoms with E-state index in [-0.39, 0.29) is 11.0 Å². The number of aromatic nitrogens is 3. The van der Waals surface area contributed by atoms with E-state index in [2.05, 4.69) is 20.5 Å². The second kappa shape index (κ2) is 4.79. The van der Waals surface area contributed by atoms with Crippen molar-refractivity contribution in [2.24, 2.45) is 0 Å². The number of amides is 1. The van der Waals surface area contributed by atoms with Gasteiger partial charge in [-0.25, -0.2) is 4.98 Å². The van der Waals surface area contributed by atoms with Gasteiger partial charge in [-0.15, -0.1) is 0 Å². The number of hydrogen-bond acceptors (Lipinski definition) is 3. The maximum Gasteiger partial charge on any atom is 0.261 e. The summed E-state index contributed by atoms with van der Waals surface area (Å²) in [5.74, 6) is -1.01. The van der Waals surface area contributed by atoms with Gasteiger partial charge in [0.1, 0.15) is 0 Å². The van der Waals surface area contributed by atoms with Crippen LogP contribution in [0.15, 0.2) is 24.4 Å². The van der Waals surface area contributed by atoms with Gasteiger partial charge in [-0.1, -0.05) is 20.8 Å². The highest BCUT2D eigenvalue weighted by molar-refractivity contribution is 6.03. The van der Waals surface area contributed by atoms with Gasteiger partial charge in [-0.05, 0) is 12.1 Å². The van der Waals surface area contributed by atoms with Crippen molar-refractivity contribution < 1.29 is 9.18 Å². The van der Waals surface area contributed by atoms with Crippen LogP contribution < -0.4 is 5.32 Å². The Bertz CT molecular complexity index is 601. The fourth-order valence-electron chi connectivity index (χ4n) is 1.51. The van der Waals surface area contributed by atoms with E-state index in [1.54, 1.807) is 6.07 Å². The number of H-pyrrole nitrogens is 1. The van der Waals surface area contributed by atoms with Crippen molar-refractivity contribution in [2.75, 3.05) is 5.32 Å². The van der Waals surface area contributed by atoms with Gasteiger partial charge in [0.05, 0.1) is 5.56 Å². The molecular formula is C13H15FN4O. The highest BCUT2D eigenvalue weighted by Gasteiger charge is 2.18. The summed E-state index contributed by atoms with van der Waals surface area (Å²) in [6, 6.07) is 4.60. The smallest absolute Gasteiger partial charge is 0.261 e. The van der Waals surface area contributed by atoms with Crippen LogP contribution in [0.3, 0.4) is 0 Å². The molecule has 6 heteroatoms. The number of rotatable bonds is 2. The maximum atomic E-state index is 13.3. The summed E-state index contributed by atoms with van der Waals surface area (Å²) in [5.41, 5.74) is 0.674. The molecule has 0 unspecified atom stereocenters. The molecule has 0 radical (unpaired) electrons. The monoisotopic (exact) mass is 262 g/mol. The number of pyridine rings is 1. The number of carbonyl (C=O) groups is 1. The van der Waals surface area contributed by atoms with Gasteiger partial charge in [-0.3, -0.25) is 9.89 Å². The maximum absolute atomic E-state index is 13.3. The van der Waals surface area contributed by atoms with Crippen molar-refractivity contribution in [3.8, 4) is 0 Å². The zero-order chi connectivity index (χ0) is 14.0. The molecule has 19 heavy (non-hydrogen) atoms. The molecule has 2 rings (SSSR count). The van der Waals surface area contributed by atoms with Crippen molar-refractivity contribution in [3.63, 3.8) is 0 Å². The number of aromatic amines is 1. The third-order valence-electron chi connectivity index (χ3n) is 2.63. The standard InChI is InChI=1S/C13H15FN4O/c1-13(2,3)9-7-10(18-17-9)16-12(19)8-5-4-6-15-11(8)14/h4-7H,1-3H3,(H2,16,17,18,19). The minimum Gasteiger partial charge on any atom is -0.305 e. The number of hydrogen-bond donors (Lipinski definition) is 2. The lowest BCUT2D eigenvalue weighted by atomic mass is 9.92. The molecule has 0 aliphatic heterocycles.